The first-order valence-corrected chi connectivity index (χ1v) is 5.36. The molecule has 2 nitrogen and oxygen atoms in total. The highest BCUT2D eigenvalue weighted by Crippen LogP contribution is 2.32. The van der Waals surface area contributed by atoms with Gasteiger partial charge in [-0.05, 0) is 25.0 Å². The van der Waals surface area contributed by atoms with Crippen molar-refractivity contribution in [3.8, 4) is 0 Å². The van der Waals surface area contributed by atoms with Crippen LogP contribution in [0.4, 0.5) is 17.6 Å². The molecule has 0 aliphatic heterocycles. The minimum Gasteiger partial charge on any atom is -0.466 e. The number of esters is 1. The topological polar surface area (TPSA) is 26.3 Å². The summed E-state index contributed by atoms with van der Waals surface area (Å²) in [4.78, 5) is 11.0. The molecule has 0 saturated heterocycles. The molecule has 0 bridgehead atoms. The van der Waals surface area contributed by atoms with Gasteiger partial charge >= 0.3 is 12.1 Å². The molecule has 100 valence electrons. The van der Waals surface area contributed by atoms with Crippen molar-refractivity contribution in [3.05, 3.63) is 35.1 Å². The molecule has 6 heteroatoms. The summed E-state index contributed by atoms with van der Waals surface area (Å²) in [6.45, 7) is 1.80. The maximum absolute atomic E-state index is 13.5. The Hall–Kier alpha value is -1.59. The number of carbonyl (C=O) groups is 1. The van der Waals surface area contributed by atoms with Crippen LogP contribution in [-0.4, -0.2) is 12.6 Å². The third-order valence-electron chi connectivity index (χ3n) is 2.29. The number of rotatable bonds is 4. The first-order valence-electron chi connectivity index (χ1n) is 5.36. The summed E-state index contributed by atoms with van der Waals surface area (Å²) in [5.74, 6) is -1.89. The number of halogens is 4. The van der Waals surface area contributed by atoms with Gasteiger partial charge in [0, 0.05) is 6.42 Å². The zero-order valence-electron chi connectivity index (χ0n) is 9.68. The molecule has 0 unspecified atom stereocenters. The second kappa shape index (κ2) is 5.84. The summed E-state index contributed by atoms with van der Waals surface area (Å²) in [5, 5.41) is 0. The molecule has 0 radical (unpaired) electrons. The van der Waals surface area contributed by atoms with Gasteiger partial charge in [-0.3, -0.25) is 4.79 Å². The van der Waals surface area contributed by atoms with Crippen molar-refractivity contribution in [2.24, 2.45) is 0 Å². The molecule has 1 aromatic carbocycles. The van der Waals surface area contributed by atoms with E-state index in [-0.39, 0.29) is 25.0 Å². The van der Waals surface area contributed by atoms with Gasteiger partial charge in [0.25, 0.3) is 0 Å². The van der Waals surface area contributed by atoms with Crippen molar-refractivity contribution in [2.45, 2.75) is 25.9 Å². The van der Waals surface area contributed by atoms with Crippen LogP contribution in [0.5, 0.6) is 0 Å². The van der Waals surface area contributed by atoms with Crippen molar-refractivity contribution in [1.82, 2.24) is 0 Å². The van der Waals surface area contributed by atoms with Gasteiger partial charge < -0.3 is 4.74 Å². The number of hydrogen-bond acceptors (Lipinski definition) is 2. The fraction of sp³-hybridized carbons (Fsp3) is 0.417. The highest BCUT2D eigenvalue weighted by Gasteiger charge is 2.34. The third kappa shape index (κ3) is 3.72. The number of alkyl halides is 3. The van der Waals surface area contributed by atoms with E-state index >= 15 is 0 Å². The van der Waals surface area contributed by atoms with Crippen LogP contribution in [0.2, 0.25) is 0 Å². The van der Waals surface area contributed by atoms with Crippen LogP contribution in [0.15, 0.2) is 18.2 Å². The number of aryl methyl sites for hydroxylation is 1. The van der Waals surface area contributed by atoms with E-state index in [2.05, 4.69) is 4.74 Å². The van der Waals surface area contributed by atoms with Gasteiger partial charge in [0.15, 0.2) is 0 Å². The molecule has 0 heterocycles. The summed E-state index contributed by atoms with van der Waals surface area (Å²) in [5.41, 5.74) is -1.46. The Kier molecular flexibility index (Phi) is 4.69. The standard InChI is InChI=1S/C12H12F4O2/c1-2-18-10(17)7-6-8-4-3-5-9(11(8)13)12(14,15)16/h3-5H,2,6-7H2,1H3. The molecule has 0 amide bonds. The Labute approximate surface area is 102 Å². The molecular weight excluding hydrogens is 252 g/mol. The molecule has 0 atom stereocenters. The van der Waals surface area contributed by atoms with Gasteiger partial charge in [0.1, 0.15) is 5.82 Å². The highest BCUT2D eigenvalue weighted by molar-refractivity contribution is 5.69. The van der Waals surface area contributed by atoms with Crippen molar-refractivity contribution in [1.29, 1.82) is 0 Å². The zero-order chi connectivity index (χ0) is 13.8. The van der Waals surface area contributed by atoms with E-state index in [4.69, 9.17) is 0 Å². The van der Waals surface area contributed by atoms with Crippen LogP contribution in [0.1, 0.15) is 24.5 Å². The average molecular weight is 264 g/mol. The van der Waals surface area contributed by atoms with Gasteiger partial charge in [-0.25, -0.2) is 4.39 Å². The Morgan fingerprint density at radius 3 is 2.56 bits per heavy atom. The van der Waals surface area contributed by atoms with Crippen LogP contribution < -0.4 is 0 Å². The lowest BCUT2D eigenvalue weighted by Crippen LogP contribution is -2.11. The van der Waals surface area contributed by atoms with Crippen LogP contribution in [-0.2, 0) is 22.1 Å². The summed E-state index contributed by atoms with van der Waals surface area (Å²) < 4.78 is 55.4. The SMILES string of the molecule is CCOC(=O)CCc1cccc(C(F)(F)F)c1F. The lowest BCUT2D eigenvalue weighted by atomic mass is 10.0. The summed E-state index contributed by atoms with van der Waals surface area (Å²) >= 11 is 0. The van der Waals surface area contributed by atoms with Gasteiger partial charge in [0.2, 0.25) is 0 Å². The molecule has 0 spiro atoms. The number of hydrogen-bond donors (Lipinski definition) is 0. The molecule has 0 N–H and O–H groups in total. The Morgan fingerprint density at radius 1 is 1.33 bits per heavy atom. The fourth-order valence-corrected chi connectivity index (χ4v) is 1.46. The maximum Gasteiger partial charge on any atom is 0.419 e. The van der Waals surface area contributed by atoms with Gasteiger partial charge in [-0.15, -0.1) is 0 Å². The normalized spacial score (nSPS) is 11.4. The molecule has 1 aromatic rings. The maximum atomic E-state index is 13.5. The van der Waals surface area contributed by atoms with Crippen LogP contribution in [0.3, 0.4) is 0 Å². The molecule has 0 fully saturated rings. The highest BCUT2D eigenvalue weighted by atomic mass is 19.4. The van der Waals surface area contributed by atoms with E-state index < -0.39 is 23.5 Å². The average Bonchev–Trinajstić information content (AvgIpc) is 2.26. The number of ether oxygens (including phenoxy) is 1. The molecular formula is C12H12F4O2. The zero-order valence-corrected chi connectivity index (χ0v) is 9.68. The summed E-state index contributed by atoms with van der Waals surface area (Å²) in [6.07, 6.45) is -5.00. The molecule has 0 aromatic heterocycles. The van der Waals surface area contributed by atoms with Crippen LogP contribution in [0.25, 0.3) is 0 Å². The molecule has 18 heavy (non-hydrogen) atoms. The molecule has 1 rings (SSSR count). The van der Waals surface area contributed by atoms with E-state index in [1.807, 2.05) is 0 Å². The van der Waals surface area contributed by atoms with Crippen molar-refractivity contribution < 1.29 is 27.1 Å². The lowest BCUT2D eigenvalue weighted by molar-refractivity contribution is -0.143. The van der Waals surface area contributed by atoms with E-state index in [1.165, 1.54) is 6.07 Å². The smallest absolute Gasteiger partial charge is 0.419 e. The predicted molar refractivity (Wildman–Crippen MR) is 56.4 cm³/mol. The van der Waals surface area contributed by atoms with Crippen molar-refractivity contribution >= 4 is 5.97 Å². The first-order chi connectivity index (χ1) is 8.36. The van der Waals surface area contributed by atoms with E-state index in [1.54, 1.807) is 6.92 Å². The minimum atomic E-state index is -4.73. The van der Waals surface area contributed by atoms with E-state index in [0.29, 0.717) is 6.07 Å². The third-order valence-corrected chi connectivity index (χ3v) is 2.29. The Balaban J connectivity index is 2.82. The van der Waals surface area contributed by atoms with Gasteiger partial charge in [0.05, 0.1) is 12.2 Å². The summed E-state index contributed by atoms with van der Waals surface area (Å²) in [7, 11) is 0. The number of carbonyl (C=O) groups excluding carboxylic acids is 1. The Bertz CT molecular complexity index is 427. The number of benzene rings is 1. The second-order valence-corrected chi connectivity index (χ2v) is 3.58. The van der Waals surface area contributed by atoms with Crippen molar-refractivity contribution in [3.63, 3.8) is 0 Å². The predicted octanol–water partition coefficient (Wildman–Crippen LogP) is 3.34. The molecule has 0 aliphatic rings. The van der Waals surface area contributed by atoms with E-state index in [9.17, 15) is 22.4 Å². The van der Waals surface area contributed by atoms with Gasteiger partial charge in [-0.1, -0.05) is 12.1 Å². The largest absolute Gasteiger partial charge is 0.466 e. The second-order valence-electron chi connectivity index (χ2n) is 3.58. The quantitative estimate of drug-likeness (QED) is 0.616. The van der Waals surface area contributed by atoms with Crippen molar-refractivity contribution in [2.75, 3.05) is 6.61 Å². The first kappa shape index (κ1) is 14.5. The Morgan fingerprint density at radius 2 is 2.00 bits per heavy atom. The summed E-state index contributed by atoms with van der Waals surface area (Å²) in [6, 6.07) is 3.01. The minimum absolute atomic E-state index is 0.116. The van der Waals surface area contributed by atoms with Crippen LogP contribution in [0, 0.1) is 5.82 Å². The molecule has 0 aliphatic carbocycles. The van der Waals surface area contributed by atoms with Crippen LogP contribution >= 0.6 is 0 Å². The van der Waals surface area contributed by atoms with Gasteiger partial charge in [-0.2, -0.15) is 13.2 Å². The lowest BCUT2D eigenvalue weighted by Gasteiger charge is -2.10. The fourth-order valence-electron chi connectivity index (χ4n) is 1.46. The van der Waals surface area contributed by atoms with E-state index in [0.717, 1.165) is 6.07 Å². The monoisotopic (exact) mass is 264 g/mol. The molecule has 0 saturated carbocycles.